The van der Waals surface area contributed by atoms with Crippen LogP contribution in [0.5, 0.6) is 0 Å². The molecule has 0 bridgehead atoms. The van der Waals surface area contributed by atoms with E-state index in [-0.39, 0.29) is 12.0 Å². The highest BCUT2D eigenvalue weighted by atomic mass is 16.3. The zero-order valence-electron chi connectivity index (χ0n) is 8.74. The molecule has 0 heterocycles. The first-order valence-electron chi connectivity index (χ1n) is 5.14. The predicted octanol–water partition coefficient (Wildman–Crippen LogP) is 2.11. The summed E-state index contributed by atoms with van der Waals surface area (Å²) in [6.07, 6.45) is 4.00. The third-order valence-electron chi connectivity index (χ3n) is 2.45. The molecule has 0 aromatic rings. The van der Waals surface area contributed by atoms with E-state index in [9.17, 15) is 10.2 Å². The fourth-order valence-electron chi connectivity index (χ4n) is 1.66. The maximum absolute atomic E-state index is 9.71. The second-order valence-electron chi connectivity index (χ2n) is 3.52. The topological polar surface area (TPSA) is 40.5 Å². The molecule has 0 amide bonds. The summed E-state index contributed by atoms with van der Waals surface area (Å²) < 4.78 is 0. The highest BCUT2D eigenvalue weighted by molar-refractivity contribution is 4.81. The highest BCUT2D eigenvalue weighted by Gasteiger charge is 2.23. The Hall–Kier alpha value is -0.340. The molecule has 0 radical (unpaired) electrons. The zero-order valence-corrected chi connectivity index (χ0v) is 8.74. The van der Waals surface area contributed by atoms with E-state index in [1.807, 2.05) is 13.8 Å². The van der Waals surface area contributed by atoms with Gasteiger partial charge < -0.3 is 10.2 Å². The van der Waals surface area contributed by atoms with Gasteiger partial charge in [-0.15, -0.1) is 6.58 Å². The van der Waals surface area contributed by atoms with Crippen LogP contribution in [0.15, 0.2) is 12.7 Å². The van der Waals surface area contributed by atoms with Gasteiger partial charge in [0.2, 0.25) is 0 Å². The molecule has 0 aliphatic carbocycles. The van der Waals surface area contributed by atoms with Crippen molar-refractivity contribution in [1.29, 1.82) is 0 Å². The fraction of sp³-hybridized carbons (Fsp3) is 0.818. The lowest BCUT2D eigenvalue weighted by atomic mass is 9.89. The van der Waals surface area contributed by atoms with Gasteiger partial charge in [-0.3, -0.25) is 0 Å². The minimum Gasteiger partial charge on any atom is -0.393 e. The molecule has 0 spiro atoms. The van der Waals surface area contributed by atoms with Gasteiger partial charge in [0.05, 0.1) is 12.2 Å². The Morgan fingerprint density at radius 3 is 2.23 bits per heavy atom. The van der Waals surface area contributed by atoms with E-state index >= 15 is 0 Å². The van der Waals surface area contributed by atoms with Gasteiger partial charge in [0.15, 0.2) is 0 Å². The minimum atomic E-state index is -0.441. The third kappa shape index (κ3) is 4.44. The molecule has 3 atom stereocenters. The van der Waals surface area contributed by atoms with Gasteiger partial charge in [0, 0.05) is 5.92 Å². The first-order chi connectivity index (χ1) is 6.17. The molecular weight excluding hydrogens is 164 g/mol. The van der Waals surface area contributed by atoms with E-state index in [0.717, 1.165) is 19.3 Å². The van der Waals surface area contributed by atoms with Gasteiger partial charge in [0.1, 0.15) is 0 Å². The van der Waals surface area contributed by atoms with Crippen LogP contribution in [-0.2, 0) is 0 Å². The van der Waals surface area contributed by atoms with Crippen molar-refractivity contribution in [3.63, 3.8) is 0 Å². The number of hydrogen-bond acceptors (Lipinski definition) is 2. The van der Waals surface area contributed by atoms with Crippen molar-refractivity contribution >= 4 is 0 Å². The Kier molecular flexibility index (Phi) is 6.92. The van der Waals surface area contributed by atoms with Crippen molar-refractivity contribution in [2.24, 2.45) is 5.92 Å². The first kappa shape index (κ1) is 12.7. The Morgan fingerprint density at radius 2 is 1.85 bits per heavy atom. The molecule has 0 saturated heterocycles. The molecule has 0 rings (SSSR count). The maximum Gasteiger partial charge on any atom is 0.0627 e. The summed E-state index contributed by atoms with van der Waals surface area (Å²) in [5.74, 6) is -0.00190. The van der Waals surface area contributed by atoms with Crippen LogP contribution in [0.1, 0.15) is 39.5 Å². The van der Waals surface area contributed by atoms with Crippen molar-refractivity contribution in [2.75, 3.05) is 0 Å². The lowest BCUT2D eigenvalue weighted by Crippen LogP contribution is -2.30. The Balaban J connectivity index is 4.05. The predicted molar refractivity (Wildman–Crippen MR) is 55.5 cm³/mol. The molecule has 78 valence electrons. The van der Waals surface area contributed by atoms with Gasteiger partial charge in [-0.2, -0.15) is 0 Å². The summed E-state index contributed by atoms with van der Waals surface area (Å²) >= 11 is 0. The van der Waals surface area contributed by atoms with Crippen LogP contribution in [0.25, 0.3) is 0 Å². The summed E-state index contributed by atoms with van der Waals surface area (Å²) in [6, 6.07) is 0. The lowest BCUT2D eigenvalue weighted by molar-refractivity contribution is 0.00773. The van der Waals surface area contributed by atoms with Crippen LogP contribution in [0.3, 0.4) is 0 Å². The van der Waals surface area contributed by atoms with E-state index in [1.54, 1.807) is 6.08 Å². The first-order valence-corrected chi connectivity index (χ1v) is 5.14. The maximum atomic E-state index is 9.71. The summed E-state index contributed by atoms with van der Waals surface area (Å²) in [7, 11) is 0. The smallest absolute Gasteiger partial charge is 0.0627 e. The molecule has 2 heteroatoms. The molecule has 2 N–H and O–H groups in total. The monoisotopic (exact) mass is 186 g/mol. The molecular formula is C11H22O2. The summed E-state index contributed by atoms with van der Waals surface area (Å²) in [5.41, 5.74) is 0. The van der Waals surface area contributed by atoms with E-state index in [0.29, 0.717) is 6.42 Å². The van der Waals surface area contributed by atoms with E-state index in [2.05, 4.69) is 6.58 Å². The van der Waals surface area contributed by atoms with Gasteiger partial charge in [-0.25, -0.2) is 0 Å². The molecule has 2 nitrogen and oxygen atoms in total. The molecule has 0 aromatic heterocycles. The number of rotatable bonds is 7. The number of aliphatic hydroxyl groups excluding tert-OH is 2. The van der Waals surface area contributed by atoms with Gasteiger partial charge in [-0.1, -0.05) is 26.3 Å². The van der Waals surface area contributed by atoms with Crippen molar-refractivity contribution in [2.45, 2.75) is 51.7 Å². The molecule has 13 heavy (non-hydrogen) atoms. The van der Waals surface area contributed by atoms with E-state index in [1.165, 1.54) is 0 Å². The van der Waals surface area contributed by atoms with Crippen molar-refractivity contribution in [3.8, 4) is 0 Å². The summed E-state index contributed by atoms with van der Waals surface area (Å²) in [6.45, 7) is 7.61. The van der Waals surface area contributed by atoms with Crippen LogP contribution < -0.4 is 0 Å². The molecule has 0 aliphatic heterocycles. The Bertz CT molecular complexity index is 134. The van der Waals surface area contributed by atoms with Crippen LogP contribution >= 0.6 is 0 Å². The SMILES string of the molecule is C=CCC(O)C(CC)C(O)CCC. The Morgan fingerprint density at radius 1 is 1.23 bits per heavy atom. The van der Waals surface area contributed by atoms with Crippen LogP contribution in [0.2, 0.25) is 0 Å². The fourth-order valence-corrected chi connectivity index (χ4v) is 1.66. The van der Waals surface area contributed by atoms with Gasteiger partial charge >= 0.3 is 0 Å². The quantitative estimate of drug-likeness (QED) is 0.598. The van der Waals surface area contributed by atoms with Crippen LogP contribution in [-0.4, -0.2) is 22.4 Å². The molecule has 0 aromatic carbocycles. The standard InChI is InChI=1S/C11H22O2/c1-4-7-10(12)9(6-3)11(13)8-5-2/h4,9-13H,1,5-8H2,2-3H3. The summed E-state index contributed by atoms with van der Waals surface area (Å²) in [4.78, 5) is 0. The van der Waals surface area contributed by atoms with Gasteiger partial charge in [-0.05, 0) is 19.3 Å². The van der Waals surface area contributed by atoms with Crippen LogP contribution in [0.4, 0.5) is 0 Å². The van der Waals surface area contributed by atoms with Gasteiger partial charge in [0.25, 0.3) is 0 Å². The average molecular weight is 186 g/mol. The molecule has 0 aliphatic rings. The highest BCUT2D eigenvalue weighted by Crippen LogP contribution is 2.19. The average Bonchev–Trinajstić information content (AvgIpc) is 2.06. The van der Waals surface area contributed by atoms with Crippen LogP contribution in [0, 0.1) is 5.92 Å². The third-order valence-corrected chi connectivity index (χ3v) is 2.45. The summed E-state index contributed by atoms with van der Waals surface area (Å²) in [5, 5.41) is 19.4. The minimum absolute atomic E-state index is 0.00190. The second kappa shape index (κ2) is 7.10. The van der Waals surface area contributed by atoms with E-state index < -0.39 is 6.10 Å². The lowest BCUT2D eigenvalue weighted by Gasteiger charge is -2.25. The zero-order chi connectivity index (χ0) is 10.3. The molecule has 0 fully saturated rings. The van der Waals surface area contributed by atoms with Crippen molar-refractivity contribution < 1.29 is 10.2 Å². The van der Waals surface area contributed by atoms with Crippen molar-refractivity contribution in [3.05, 3.63) is 12.7 Å². The van der Waals surface area contributed by atoms with Crippen molar-refractivity contribution in [1.82, 2.24) is 0 Å². The second-order valence-corrected chi connectivity index (χ2v) is 3.52. The van der Waals surface area contributed by atoms with E-state index in [4.69, 9.17) is 0 Å². The number of aliphatic hydroxyl groups is 2. The number of hydrogen-bond donors (Lipinski definition) is 2. The normalized spacial score (nSPS) is 17.8. The Labute approximate surface area is 81.3 Å². The largest absolute Gasteiger partial charge is 0.393 e. The molecule has 3 unspecified atom stereocenters. The molecule has 0 saturated carbocycles.